The van der Waals surface area contributed by atoms with Gasteiger partial charge in [0, 0.05) is 6.20 Å². The van der Waals surface area contributed by atoms with Crippen molar-refractivity contribution >= 4 is 17.1 Å². The highest BCUT2D eigenvalue weighted by Crippen LogP contribution is 2.39. The van der Waals surface area contributed by atoms with Gasteiger partial charge in [0.1, 0.15) is 5.54 Å². The maximum Gasteiger partial charge on any atom is 0.325 e. The van der Waals surface area contributed by atoms with Gasteiger partial charge in [-0.3, -0.25) is 9.78 Å². The maximum absolute atomic E-state index is 12.5. The van der Waals surface area contributed by atoms with Crippen LogP contribution in [0.3, 0.4) is 0 Å². The van der Waals surface area contributed by atoms with Crippen molar-refractivity contribution in [2.75, 3.05) is 0 Å². The molecule has 1 aliphatic carbocycles. The van der Waals surface area contributed by atoms with E-state index in [1.54, 1.807) is 6.07 Å². The number of hydrogen-bond donors (Lipinski definition) is 3. The first-order valence-electron chi connectivity index (χ1n) is 6.84. The monoisotopic (exact) mass is 300 g/mol. The van der Waals surface area contributed by atoms with E-state index in [-0.39, 0.29) is 11.6 Å². The van der Waals surface area contributed by atoms with Crippen LogP contribution in [0.5, 0.6) is 0 Å². The molecule has 3 aromatic heterocycles. The Morgan fingerprint density at radius 1 is 1.32 bits per heavy atom. The molecular formula is C13H12N6O3. The lowest BCUT2D eigenvalue weighted by Gasteiger charge is -2.39. The van der Waals surface area contributed by atoms with Crippen molar-refractivity contribution in [3.8, 4) is 0 Å². The van der Waals surface area contributed by atoms with Crippen molar-refractivity contribution in [3.05, 3.63) is 40.5 Å². The number of aromatic amines is 2. The van der Waals surface area contributed by atoms with E-state index in [0.29, 0.717) is 22.6 Å². The number of rotatable bonds is 3. The summed E-state index contributed by atoms with van der Waals surface area (Å²) in [6, 6.07) is 1.58. The highest BCUT2D eigenvalue weighted by molar-refractivity contribution is 5.96. The first kappa shape index (κ1) is 12.7. The minimum atomic E-state index is -0.579. The molecular weight excluding hydrogens is 288 g/mol. The van der Waals surface area contributed by atoms with Gasteiger partial charge in [-0.25, -0.2) is 9.78 Å². The van der Waals surface area contributed by atoms with Gasteiger partial charge in [-0.1, -0.05) is 5.16 Å². The van der Waals surface area contributed by atoms with Gasteiger partial charge in [0.25, 0.3) is 5.91 Å². The summed E-state index contributed by atoms with van der Waals surface area (Å²) in [6.45, 7) is 0. The lowest BCUT2D eigenvalue weighted by atomic mass is 9.76. The largest absolute Gasteiger partial charge is 0.343 e. The zero-order chi connectivity index (χ0) is 15.2. The predicted octanol–water partition coefficient (Wildman–Crippen LogP) is 0.443. The van der Waals surface area contributed by atoms with Crippen molar-refractivity contribution in [2.45, 2.75) is 24.8 Å². The SMILES string of the molecule is O=C(NC1(c2ncon2)CCC1)c1cnc2[nH]c(=O)[nH]c2c1. The molecule has 0 aromatic carbocycles. The average Bonchev–Trinajstić information content (AvgIpc) is 3.09. The van der Waals surface area contributed by atoms with Gasteiger partial charge >= 0.3 is 5.69 Å². The molecule has 0 spiro atoms. The Labute approximate surface area is 123 Å². The summed E-state index contributed by atoms with van der Waals surface area (Å²) in [5, 5.41) is 6.80. The number of nitrogens with one attached hydrogen (secondary N) is 3. The second-order valence-electron chi connectivity index (χ2n) is 5.34. The topological polar surface area (TPSA) is 130 Å². The molecule has 0 atom stereocenters. The number of carbonyl (C=O) groups excluding carboxylic acids is 1. The van der Waals surface area contributed by atoms with Crippen LogP contribution in [0.2, 0.25) is 0 Å². The molecule has 0 aliphatic heterocycles. The molecule has 9 heteroatoms. The van der Waals surface area contributed by atoms with Crippen LogP contribution in [0.1, 0.15) is 35.4 Å². The molecule has 0 unspecified atom stereocenters. The van der Waals surface area contributed by atoms with E-state index in [2.05, 4.69) is 30.4 Å². The number of carbonyl (C=O) groups is 1. The van der Waals surface area contributed by atoms with E-state index in [4.69, 9.17) is 4.52 Å². The van der Waals surface area contributed by atoms with Crippen LogP contribution in [0.25, 0.3) is 11.2 Å². The van der Waals surface area contributed by atoms with E-state index >= 15 is 0 Å². The number of H-pyrrole nitrogens is 2. The molecule has 1 fully saturated rings. The predicted molar refractivity (Wildman–Crippen MR) is 74.0 cm³/mol. The molecule has 4 rings (SSSR count). The van der Waals surface area contributed by atoms with Crippen LogP contribution < -0.4 is 11.0 Å². The van der Waals surface area contributed by atoms with Crippen molar-refractivity contribution in [1.29, 1.82) is 0 Å². The lowest BCUT2D eigenvalue weighted by molar-refractivity contribution is 0.0804. The van der Waals surface area contributed by atoms with Crippen molar-refractivity contribution < 1.29 is 9.32 Å². The Morgan fingerprint density at radius 2 is 2.18 bits per heavy atom. The molecule has 1 amide bonds. The number of nitrogens with zero attached hydrogens (tertiary/aromatic N) is 3. The van der Waals surface area contributed by atoms with Crippen molar-refractivity contribution in [1.82, 2.24) is 30.4 Å². The summed E-state index contributed by atoms with van der Waals surface area (Å²) in [6.07, 6.45) is 5.17. The van der Waals surface area contributed by atoms with Crippen LogP contribution in [-0.4, -0.2) is 31.0 Å². The van der Waals surface area contributed by atoms with Gasteiger partial charge in [0.2, 0.25) is 6.39 Å². The van der Waals surface area contributed by atoms with Crippen LogP contribution >= 0.6 is 0 Å². The summed E-state index contributed by atoms with van der Waals surface area (Å²) in [7, 11) is 0. The molecule has 22 heavy (non-hydrogen) atoms. The first-order valence-corrected chi connectivity index (χ1v) is 6.84. The van der Waals surface area contributed by atoms with Gasteiger partial charge in [0.05, 0.1) is 11.1 Å². The van der Waals surface area contributed by atoms with E-state index in [9.17, 15) is 9.59 Å². The van der Waals surface area contributed by atoms with Crippen LogP contribution in [0, 0.1) is 0 Å². The Balaban J connectivity index is 1.64. The standard InChI is InChI=1S/C13H12N6O3/c20-10(7-4-8-9(14-5-7)17-12(21)16-8)18-13(2-1-3-13)11-15-6-22-19-11/h4-6H,1-3H2,(H,18,20)(H2,14,16,17,21). The van der Waals surface area contributed by atoms with Crippen LogP contribution in [0.4, 0.5) is 0 Å². The third-order valence-corrected chi connectivity index (χ3v) is 3.98. The molecule has 0 radical (unpaired) electrons. The average molecular weight is 300 g/mol. The highest BCUT2D eigenvalue weighted by atomic mass is 16.5. The molecule has 0 bridgehead atoms. The molecule has 9 nitrogen and oxygen atoms in total. The quantitative estimate of drug-likeness (QED) is 0.643. The second kappa shape index (κ2) is 4.52. The van der Waals surface area contributed by atoms with Crippen molar-refractivity contribution in [3.63, 3.8) is 0 Å². The third kappa shape index (κ3) is 1.90. The first-order chi connectivity index (χ1) is 10.7. The molecule has 3 aromatic rings. The van der Waals surface area contributed by atoms with Gasteiger partial charge < -0.3 is 14.8 Å². The summed E-state index contributed by atoms with van der Waals surface area (Å²) in [5.74, 6) is 0.192. The Kier molecular flexibility index (Phi) is 2.62. The maximum atomic E-state index is 12.5. The van der Waals surface area contributed by atoms with Crippen LogP contribution in [0.15, 0.2) is 28.0 Å². The van der Waals surface area contributed by atoms with E-state index < -0.39 is 5.54 Å². The van der Waals surface area contributed by atoms with E-state index in [1.165, 1.54) is 12.6 Å². The number of amides is 1. The number of hydrogen-bond acceptors (Lipinski definition) is 6. The van der Waals surface area contributed by atoms with E-state index in [0.717, 1.165) is 19.3 Å². The van der Waals surface area contributed by atoms with E-state index in [1.807, 2.05) is 0 Å². The number of aromatic nitrogens is 5. The Bertz CT molecular complexity index is 890. The fourth-order valence-corrected chi connectivity index (χ4v) is 2.65. The minimum absolute atomic E-state index is 0.291. The third-order valence-electron chi connectivity index (χ3n) is 3.98. The fourth-order valence-electron chi connectivity index (χ4n) is 2.65. The molecule has 0 saturated heterocycles. The van der Waals surface area contributed by atoms with Crippen LogP contribution in [-0.2, 0) is 5.54 Å². The smallest absolute Gasteiger partial charge is 0.325 e. The molecule has 1 aliphatic rings. The molecule has 3 N–H and O–H groups in total. The number of pyridine rings is 1. The number of fused-ring (bicyclic) bond motifs is 1. The summed E-state index contributed by atoms with van der Waals surface area (Å²) in [5.41, 5.74) is 0.322. The second-order valence-corrected chi connectivity index (χ2v) is 5.34. The molecule has 1 saturated carbocycles. The zero-order valence-corrected chi connectivity index (χ0v) is 11.4. The molecule has 112 valence electrons. The normalized spacial score (nSPS) is 16.4. The lowest BCUT2D eigenvalue weighted by Crippen LogP contribution is -2.51. The Morgan fingerprint density at radius 3 is 2.86 bits per heavy atom. The number of imidazole rings is 1. The van der Waals surface area contributed by atoms with Gasteiger partial charge in [-0.2, -0.15) is 4.98 Å². The highest BCUT2D eigenvalue weighted by Gasteiger charge is 2.44. The van der Waals surface area contributed by atoms with Gasteiger partial charge in [-0.05, 0) is 25.3 Å². The zero-order valence-electron chi connectivity index (χ0n) is 11.4. The summed E-state index contributed by atoms with van der Waals surface area (Å²) >= 11 is 0. The Hall–Kier alpha value is -2.97. The summed E-state index contributed by atoms with van der Waals surface area (Å²) in [4.78, 5) is 36.9. The van der Waals surface area contributed by atoms with Crippen molar-refractivity contribution in [2.24, 2.45) is 0 Å². The van der Waals surface area contributed by atoms with Gasteiger partial charge in [0.15, 0.2) is 11.5 Å². The van der Waals surface area contributed by atoms with Gasteiger partial charge in [-0.15, -0.1) is 0 Å². The summed E-state index contributed by atoms with van der Waals surface area (Å²) < 4.78 is 4.78. The fraction of sp³-hybridized carbons (Fsp3) is 0.308. The molecule has 3 heterocycles. The minimum Gasteiger partial charge on any atom is -0.343 e.